The van der Waals surface area contributed by atoms with Gasteiger partial charge in [0.1, 0.15) is 18.4 Å². The van der Waals surface area contributed by atoms with E-state index in [-0.39, 0.29) is 32.1 Å². The molecule has 2 aromatic heterocycles. The Bertz CT molecular complexity index is 1110. The van der Waals surface area contributed by atoms with Gasteiger partial charge in [0, 0.05) is 12.6 Å². The second-order valence-electron chi connectivity index (χ2n) is 8.92. The number of ether oxygens (including phenoxy) is 3. The molecule has 2 heterocycles. The first-order valence-electron chi connectivity index (χ1n) is 13.0. The van der Waals surface area contributed by atoms with Crippen molar-refractivity contribution in [2.24, 2.45) is 0 Å². The van der Waals surface area contributed by atoms with Gasteiger partial charge >= 0.3 is 11.9 Å². The van der Waals surface area contributed by atoms with Crippen LogP contribution in [-0.2, 0) is 34.9 Å². The first kappa shape index (κ1) is 29.8. The van der Waals surface area contributed by atoms with Crippen molar-refractivity contribution in [1.29, 1.82) is 0 Å². The number of imidazole rings is 1. The molecule has 0 aromatic carbocycles. The maximum absolute atomic E-state index is 13.9. The Labute approximate surface area is 222 Å². The highest BCUT2D eigenvalue weighted by Gasteiger charge is 2.34. The zero-order valence-corrected chi connectivity index (χ0v) is 23.3. The summed E-state index contributed by atoms with van der Waals surface area (Å²) < 4.78 is 31.7. The molecular weight excluding hydrogens is 515 g/mol. The third-order valence-electron chi connectivity index (χ3n) is 5.84. The largest absolute Gasteiger partial charge is 0.465 e. The molecule has 3 rings (SSSR count). The molecular formula is C23H39N8O6P. The van der Waals surface area contributed by atoms with Crippen LogP contribution in [0.5, 0.6) is 0 Å². The van der Waals surface area contributed by atoms with E-state index < -0.39 is 31.5 Å². The first-order chi connectivity index (χ1) is 18.2. The maximum Gasteiger partial charge on any atom is 0.323 e. The number of nitrogen functional groups attached to an aromatic ring is 1. The average Bonchev–Trinajstić information content (AvgIpc) is 3.61. The van der Waals surface area contributed by atoms with Crippen molar-refractivity contribution in [3.8, 4) is 0 Å². The van der Waals surface area contributed by atoms with Gasteiger partial charge in [-0.05, 0) is 39.5 Å². The van der Waals surface area contributed by atoms with Crippen molar-refractivity contribution in [3.05, 3.63) is 6.33 Å². The summed E-state index contributed by atoms with van der Waals surface area (Å²) in [5, 5.41) is 9.04. The summed E-state index contributed by atoms with van der Waals surface area (Å²) in [6, 6.07) is -1.31. The van der Waals surface area contributed by atoms with Crippen LogP contribution in [-0.4, -0.2) is 75.8 Å². The van der Waals surface area contributed by atoms with Crippen LogP contribution in [0, 0.1) is 0 Å². The van der Waals surface area contributed by atoms with Crippen LogP contribution < -0.4 is 21.2 Å². The minimum absolute atomic E-state index is 0.135. The summed E-state index contributed by atoms with van der Waals surface area (Å²) in [7, 11) is -3.60. The summed E-state index contributed by atoms with van der Waals surface area (Å²) >= 11 is 0. The minimum Gasteiger partial charge on any atom is -0.465 e. The Morgan fingerprint density at radius 2 is 1.68 bits per heavy atom. The molecule has 0 aliphatic heterocycles. The monoisotopic (exact) mass is 554 g/mol. The van der Waals surface area contributed by atoms with E-state index in [4.69, 9.17) is 19.9 Å². The van der Waals surface area contributed by atoms with Gasteiger partial charge in [-0.2, -0.15) is 9.97 Å². The van der Waals surface area contributed by atoms with Crippen LogP contribution in [0.15, 0.2) is 6.33 Å². The number of hydrogen-bond acceptors (Lipinski definition) is 11. The molecule has 3 atom stereocenters. The van der Waals surface area contributed by atoms with E-state index in [0.717, 1.165) is 12.8 Å². The van der Waals surface area contributed by atoms with Gasteiger partial charge < -0.3 is 29.8 Å². The number of esters is 2. The Kier molecular flexibility index (Phi) is 10.8. The number of aromatic nitrogens is 4. The van der Waals surface area contributed by atoms with E-state index >= 15 is 0 Å². The van der Waals surface area contributed by atoms with E-state index in [1.54, 1.807) is 38.6 Å². The van der Waals surface area contributed by atoms with Gasteiger partial charge in [0.15, 0.2) is 17.0 Å². The van der Waals surface area contributed by atoms with Gasteiger partial charge in [-0.15, -0.1) is 0 Å². The predicted octanol–water partition coefficient (Wildman–Crippen LogP) is 2.01. The SMILES string of the molecule is CCOC(=O)C(CC)NP(=O)(COCCn1cnc2c(NC3CC3)nc(N)nc21)N[C@H](CC)C(=O)OCC. The zero-order chi connectivity index (χ0) is 27.7. The van der Waals surface area contributed by atoms with Crippen molar-refractivity contribution in [1.82, 2.24) is 29.7 Å². The molecule has 5 N–H and O–H groups in total. The number of nitrogens with one attached hydrogen (secondary N) is 3. The van der Waals surface area contributed by atoms with Crippen LogP contribution in [0.2, 0.25) is 0 Å². The van der Waals surface area contributed by atoms with Crippen molar-refractivity contribution in [2.75, 3.05) is 37.2 Å². The lowest BCUT2D eigenvalue weighted by Crippen LogP contribution is -2.44. The number of rotatable bonds is 17. The van der Waals surface area contributed by atoms with E-state index in [1.807, 2.05) is 0 Å². The Hall–Kier alpha value is -2.80. The van der Waals surface area contributed by atoms with E-state index in [1.165, 1.54) is 0 Å². The van der Waals surface area contributed by atoms with E-state index in [9.17, 15) is 14.2 Å². The lowest BCUT2D eigenvalue weighted by molar-refractivity contribution is -0.145. The van der Waals surface area contributed by atoms with Gasteiger partial charge in [-0.25, -0.2) is 15.2 Å². The smallest absolute Gasteiger partial charge is 0.323 e. The number of fused-ring (bicyclic) bond motifs is 1. The van der Waals surface area contributed by atoms with Crippen LogP contribution in [0.3, 0.4) is 0 Å². The molecule has 0 bridgehead atoms. The molecule has 1 saturated carbocycles. The lowest BCUT2D eigenvalue weighted by atomic mass is 10.2. The molecule has 2 aromatic rings. The van der Waals surface area contributed by atoms with Gasteiger partial charge in [0.25, 0.3) is 0 Å². The van der Waals surface area contributed by atoms with Crippen molar-refractivity contribution < 1.29 is 28.4 Å². The molecule has 1 fully saturated rings. The predicted molar refractivity (Wildman–Crippen MR) is 143 cm³/mol. The molecule has 0 saturated heterocycles. The molecule has 1 aliphatic rings. The summed E-state index contributed by atoms with van der Waals surface area (Å²) in [6.07, 6.45) is 4.16. The summed E-state index contributed by atoms with van der Waals surface area (Å²) in [6.45, 7) is 7.82. The number of carbonyl (C=O) groups is 2. The normalized spacial score (nSPS) is 16.5. The highest BCUT2D eigenvalue weighted by atomic mass is 31.2. The second kappa shape index (κ2) is 13.8. The number of nitrogens with two attached hydrogens (primary N) is 1. The fourth-order valence-electron chi connectivity index (χ4n) is 3.72. The highest BCUT2D eigenvalue weighted by molar-refractivity contribution is 7.59. The standard InChI is InChI=1S/C23H39N8O6P/c1-5-16(21(32)36-7-3)29-38(34,30-17(6-2)22(33)37-8-4)14-35-12-11-31-13-25-18-19(26-15-9-10-15)27-23(24)28-20(18)31/h13,15-17H,5-12,14H2,1-4H3,(H2,29,30,34)(H3,24,26,27,28)/t16-,17?,38?/m1/s1. The molecule has 2 unspecified atom stereocenters. The van der Waals surface area contributed by atoms with Gasteiger partial charge in [0.05, 0.1) is 26.1 Å². The summed E-state index contributed by atoms with van der Waals surface area (Å²) in [4.78, 5) is 37.8. The van der Waals surface area contributed by atoms with Crippen LogP contribution in [0.25, 0.3) is 11.2 Å². The highest BCUT2D eigenvalue weighted by Crippen LogP contribution is 2.38. The number of nitrogens with zero attached hydrogens (tertiary/aromatic N) is 4. The van der Waals surface area contributed by atoms with Crippen LogP contribution in [0.4, 0.5) is 11.8 Å². The van der Waals surface area contributed by atoms with Gasteiger partial charge in [0.2, 0.25) is 13.4 Å². The molecule has 14 nitrogen and oxygen atoms in total. The fraction of sp³-hybridized carbons (Fsp3) is 0.696. The van der Waals surface area contributed by atoms with E-state index in [2.05, 4.69) is 30.4 Å². The number of hydrogen-bond donors (Lipinski definition) is 4. The fourth-order valence-corrected chi connectivity index (χ4v) is 5.92. The third-order valence-corrected chi connectivity index (χ3v) is 7.84. The Morgan fingerprint density at radius 1 is 1.08 bits per heavy atom. The third kappa shape index (κ3) is 8.10. The van der Waals surface area contributed by atoms with Crippen molar-refractivity contribution in [2.45, 2.75) is 78.0 Å². The molecule has 15 heteroatoms. The second-order valence-corrected chi connectivity index (χ2v) is 11.2. The van der Waals surface area contributed by atoms with Gasteiger partial charge in [-0.3, -0.25) is 14.2 Å². The summed E-state index contributed by atoms with van der Waals surface area (Å²) in [5.74, 6) is -0.324. The van der Waals surface area contributed by atoms with Crippen molar-refractivity contribution >= 4 is 42.3 Å². The lowest BCUT2D eigenvalue weighted by Gasteiger charge is -2.28. The number of anilines is 2. The first-order valence-corrected chi connectivity index (χ1v) is 14.9. The molecule has 38 heavy (non-hydrogen) atoms. The van der Waals surface area contributed by atoms with Gasteiger partial charge in [-0.1, -0.05) is 13.8 Å². The zero-order valence-electron chi connectivity index (χ0n) is 22.4. The minimum atomic E-state index is -3.60. The maximum atomic E-state index is 13.9. The van der Waals surface area contributed by atoms with E-state index in [0.29, 0.717) is 42.4 Å². The van der Waals surface area contributed by atoms with Crippen molar-refractivity contribution in [3.63, 3.8) is 0 Å². The quantitative estimate of drug-likeness (QED) is 0.127. The molecule has 0 amide bonds. The Morgan fingerprint density at radius 3 is 2.21 bits per heavy atom. The topological polar surface area (TPSA) is 185 Å². The summed E-state index contributed by atoms with van der Waals surface area (Å²) in [5.41, 5.74) is 7.08. The van der Waals surface area contributed by atoms with Crippen LogP contribution in [0.1, 0.15) is 53.4 Å². The van der Waals surface area contributed by atoms with Crippen LogP contribution >= 0.6 is 7.44 Å². The average molecular weight is 555 g/mol. The number of carbonyl (C=O) groups excluding carboxylic acids is 2. The molecule has 1 aliphatic carbocycles. The molecule has 0 spiro atoms. The molecule has 0 radical (unpaired) electrons. The molecule has 212 valence electrons. The Balaban J connectivity index is 1.69.